The first-order chi connectivity index (χ1) is 15.2. The van der Waals surface area contributed by atoms with Crippen LogP contribution in [0.25, 0.3) is 11.0 Å². The Morgan fingerprint density at radius 2 is 1.77 bits per heavy atom. The zero-order valence-corrected chi connectivity index (χ0v) is 19.1. The molecule has 1 saturated heterocycles. The Bertz CT molecular complexity index is 999. The summed E-state index contributed by atoms with van der Waals surface area (Å²) in [4.78, 5) is 22.3. The van der Waals surface area contributed by atoms with Crippen molar-refractivity contribution >= 4 is 28.7 Å². The van der Waals surface area contributed by atoms with E-state index in [1.54, 1.807) is 18.9 Å². The van der Waals surface area contributed by atoms with E-state index in [9.17, 15) is 4.79 Å². The van der Waals surface area contributed by atoms with Crippen LogP contribution < -0.4 is 0 Å². The van der Waals surface area contributed by atoms with Gasteiger partial charge in [-0.2, -0.15) is 0 Å². The van der Waals surface area contributed by atoms with Gasteiger partial charge in [-0.25, -0.2) is 4.98 Å². The smallest absolute Gasteiger partial charge is 0.235 e. The Morgan fingerprint density at radius 3 is 2.52 bits per heavy atom. The number of carbonyl (C=O) groups excluding carboxylic acids is 1. The number of imidazole rings is 1. The Kier molecular flexibility index (Phi) is 7.27. The first kappa shape index (κ1) is 21.9. The Labute approximate surface area is 188 Å². The van der Waals surface area contributed by atoms with Gasteiger partial charge in [0.1, 0.15) is 0 Å². The summed E-state index contributed by atoms with van der Waals surface area (Å²) in [6.07, 6.45) is 0. The van der Waals surface area contributed by atoms with Gasteiger partial charge in [-0.1, -0.05) is 54.2 Å². The van der Waals surface area contributed by atoms with Gasteiger partial charge in [0.05, 0.1) is 22.9 Å². The third-order valence-electron chi connectivity index (χ3n) is 5.70. The number of amides is 1. The predicted octanol–water partition coefficient (Wildman–Crippen LogP) is 3.51. The fourth-order valence-corrected chi connectivity index (χ4v) is 5.01. The average molecular weight is 439 g/mol. The topological polar surface area (TPSA) is 50.6 Å². The molecule has 1 amide bonds. The van der Waals surface area contributed by atoms with Crippen LogP contribution in [0.4, 0.5) is 0 Å². The molecule has 6 nitrogen and oxygen atoms in total. The first-order valence-corrected chi connectivity index (χ1v) is 11.7. The minimum Gasteiger partial charge on any atom is -0.383 e. The number of carbonyl (C=O) groups is 1. The number of piperazine rings is 1. The monoisotopic (exact) mass is 438 g/mol. The molecule has 164 valence electrons. The number of benzene rings is 2. The fourth-order valence-electron chi connectivity index (χ4n) is 3.98. The van der Waals surface area contributed by atoms with E-state index in [-0.39, 0.29) is 11.2 Å². The van der Waals surface area contributed by atoms with Gasteiger partial charge >= 0.3 is 0 Å². The average Bonchev–Trinajstić information content (AvgIpc) is 3.15. The highest BCUT2D eigenvalue weighted by Gasteiger charge is 2.27. The second-order valence-corrected chi connectivity index (χ2v) is 9.18. The van der Waals surface area contributed by atoms with Gasteiger partial charge in [-0.3, -0.25) is 9.69 Å². The van der Waals surface area contributed by atoms with Crippen LogP contribution in [0.3, 0.4) is 0 Å². The summed E-state index contributed by atoms with van der Waals surface area (Å²) in [5, 5.41) is 0.695. The van der Waals surface area contributed by atoms with Crippen molar-refractivity contribution in [2.45, 2.75) is 30.4 Å². The number of aromatic nitrogens is 2. The highest BCUT2D eigenvalue weighted by atomic mass is 32.2. The molecule has 0 aliphatic carbocycles. The first-order valence-electron chi connectivity index (χ1n) is 10.8. The molecule has 2 heterocycles. The van der Waals surface area contributed by atoms with Crippen molar-refractivity contribution in [2.24, 2.45) is 0 Å². The van der Waals surface area contributed by atoms with Crippen molar-refractivity contribution in [2.75, 3.05) is 39.9 Å². The summed E-state index contributed by atoms with van der Waals surface area (Å²) in [5.41, 5.74) is 3.35. The van der Waals surface area contributed by atoms with Gasteiger partial charge in [-0.05, 0) is 24.6 Å². The summed E-state index contributed by atoms with van der Waals surface area (Å²) in [6.45, 7) is 7.63. The Morgan fingerprint density at radius 1 is 1.06 bits per heavy atom. The SMILES string of the molecule is COCCn1c(S[C@@H](C)C(=O)N2CCN(Cc3ccccc3)CC2)nc2ccccc21. The van der Waals surface area contributed by atoms with Crippen molar-refractivity contribution in [3.63, 3.8) is 0 Å². The molecule has 0 N–H and O–H groups in total. The van der Waals surface area contributed by atoms with Crippen LogP contribution in [0.15, 0.2) is 59.8 Å². The number of para-hydroxylation sites is 2. The normalized spacial score (nSPS) is 16.0. The number of thioether (sulfide) groups is 1. The van der Waals surface area contributed by atoms with Crippen LogP contribution in [0.2, 0.25) is 0 Å². The van der Waals surface area contributed by atoms with Crippen LogP contribution in [-0.4, -0.2) is 70.4 Å². The summed E-state index contributed by atoms with van der Waals surface area (Å²) in [6, 6.07) is 18.6. The number of rotatable bonds is 8. The standard InChI is InChI=1S/C24H30N4O2S/c1-19(31-24-25-21-10-6-7-11-22(21)28(24)16-17-30-2)23(29)27-14-12-26(13-15-27)18-20-8-4-3-5-9-20/h3-11,19H,12-18H2,1-2H3/t19-/m0/s1. The molecule has 1 atom stereocenters. The van der Waals surface area contributed by atoms with E-state index in [0.29, 0.717) is 6.61 Å². The van der Waals surface area contributed by atoms with E-state index in [2.05, 4.69) is 39.8 Å². The van der Waals surface area contributed by atoms with E-state index in [1.165, 1.54) is 5.56 Å². The van der Waals surface area contributed by atoms with Crippen molar-refractivity contribution in [1.82, 2.24) is 19.4 Å². The van der Waals surface area contributed by atoms with Gasteiger partial charge in [0.25, 0.3) is 0 Å². The minimum absolute atomic E-state index is 0.182. The van der Waals surface area contributed by atoms with Gasteiger partial charge in [0, 0.05) is 46.4 Å². The number of hydrogen-bond donors (Lipinski definition) is 0. The molecule has 0 radical (unpaired) electrons. The molecule has 1 fully saturated rings. The van der Waals surface area contributed by atoms with Crippen molar-refractivity contribution in [1.29, 1.82) is 0 Å². The highest BCUT2D eigenvalue weighted by molar-refractivity contribution is 8.00. The van der Waals surface area contributed by atoms with Crippen LogP contribution in [-0.2, 0) is 22.6 Å². The van der Waals surface area contributed by atoms with E-state index >= 15 is 0 Å². The Hall–Kier alpha value is -2.35. The Balaban J connectivity index is 1.37. The van der Waals surface area contributed by atoms with Crippen LogP contribution >= 0.6 is 11.8 Å². The lowest BCUT2D eigenvalue weighted by atomic mass is 10.2. The second-order valence-electron chi connectivity index (χ2n) is 7.87. The fraction of sp³-hybridized carbons (Fsp3) is 0.417. The summed E-state index contributed by atoms with van der Waals surface area (Å²) in [5.74, 6) is 0.190. The van der Waals surface area contributed by atoms with Crippen LogP contribution in [0, 0.1) is 0 Å². The number of nitrogens with zero attached hydrogens (tertiary/aromatic N) is 4. The third kappa shape index (κ3) is 5.29. The molecule has 3 aromatic rings. The third-order valence-corrected chi connectivity index (χ3v) is 6.78. The lowest BCUT2D eigenvalue weighted by Crippen LogP contribution is -2.50. The molecule has 0 saturated carbocycles. The van der Waals surface area contributed by atoms with E-state index in [0.717, 1.165) is 55.5 Å². The lowest BCUT2D eigenvalue weighted by molar-refractivity contribution is -0.132. The van der Waals surface area contributed by atoms with E-state index in [4.69, 9.17) is 9.72 Å². The lowest BCUT2D eigenvalue weighted by Gasteiger charge is -2.35. The molecule has 1 aliphatic heterocycles. The largest absolute Gasteiger partial charge is 0.383 e. The molecule has 31 heavy (non-hydrogen) atoms. The molecule has 4 rings (SSSR count). The molecule has 7 heteroatoms. The van der Waals surface area contributed by atoms with Gasteiger partial charge in [0.15, 0.2) is 5.16 Å². The van der Waals surface area contributed by atoms with Gasteiger partial charge in [-0.15, -0.1) is 0 Å². The molecule has 2 aromatic carbocycles. The molecule has 0 bridgehead atoms. The van der Waals surface area contributed by atoms with E-state index in [1.807, 2.05) is 36.1 Å². The van der Waals surface area contributed by atoms with Crippen molar-refractivity contribution in [3.05, 3.63) is 60.2 Å². The van der Waals surface area contributed by atoms with Crippen LogP contribution in [0.1, 0.15) is 12.5 Å². The number of ether oxygens (including phenoxy) is 1. The second kappa shape index (κ2) is 10.3. The predicted molar refractivity (Wildman–Crippen MR) is 125 cm³/mol. The molecule has 1 aliphatic rings. The minimum atomic E-state index is -0.182. The molecular weight excluding hydrogens is 408 g/mol. The maximum Gasteiger partial charge on any atom is 0.235 e. The van der Waals surface area contributed by atoms with Gasteiger partial charge in [0.2, 0.25) is 5.91 Å². The van der Waals surface area contributed by atoms with Crippen molar-refractivity contribution < 1.29 is 9.53 Å². The van der Waals surface area contributed by atoms with Crippen molar-refractivity contribution in [3.8, 4) is 0 Å². The zero-order valence-electron chi connectivity index (χ0n) is 18.2. The summed E-state index contributed by atoms with van der Waals surface area (Å²) in [7, 11) is 1.70. The maximum absolute atomic E-state index is 13.1. The summed E-state index contributed by atoms with van der Waals surface area (Å²) >= 11 is 1.54. The quantitative estimate of drug-likeness (QED) is 0.504. The van der Waals surface area contributed by atoms with Gasteiger partial charge < -0.3 is 14.2 Å². The number of methoxy groups -OCH3 is 1. The number of hydrogen-bond acceptors (Lipinski definition) is 5. The molecule has 0 unspecified atom stereocenters. The molecule has 0 spiro atoms. The molecular formula is C24H30N4O2S. The molecule has 1 aromatic heterocycles. The maximum atomic E-state index is 13.1. The van der Waals surface area contributed by atoms with E-state index < -0.39 is 0 Å². The zero-order chi connectivity index (χ0) is 21.6. The highest BCUT2D eigenvalue weighted by Crippen LogP contribution is 2.28. The van der Waals surface area contributed by atoms with Crippen LogP contribution in [0.5, 0.6) is 0 Å². The summed E-state index contributed by atoms with van der Waals surface area (Å²) < 4.78 is 7.44. The number of fused-ring (bicyclic) bond motifs is 1.